The molecule has 0 fully saturated rings. The minimum atomic E-state index is -0.0432. The van der Waals surface area contributed by atoms with Gasteiger partial charge < -0.3 is 10.1 Å². The van der Waals surface area contributed by atoms with Crippen molar-refractivity contribution in [1.29, 1.82) is 0 Å². The maximum Gasteiger partial charge on any atom is 0.228 e. The van der Waals surface area contributed by atoms with Gasteiger partial charge in [0.25, 0.3) is 0 Å². The molecule has 0 saturated carbocycles. The van der Waals surface area contributed by atoms with E-state index in [-0.39, 0.29) is 5.91 Å². The highest BCUT2D eigenvalue weighted by Crippen LogP contribution is 2.23. The smallest absolute Gasteiger partial charge is 0.228 e. The summed E-state index contributed by atoms with van der Waals surface area (Å²) in [7, 11) is 0. The maximum absolute atomic E-state index is 12.0. The molecule has 19 heavy (non-hydrogen) atoms. The molecule has 3 nitrogen and oxygen atoms in total. The van der Waals surface area contributed by atoms with Gasteiger partial charge in [-0.1, -0.05) is 42.5 Å². The Bertz CT molecular complexity index is 537. The van der Waals surface area contributed by atoms with Gasteiger partial charge in [0, 0.05) is 0 Å². The standard InChI is InChI=1S/C16H17NO2/c1-2-19-15-11-7-6-10-14(15)17-16(18)12-13-8-4-3-5-9-13/h3-11H,2,12H2,1H3,(H,17,18). The van der Waals surface area contributed by atoms with Crippen LogP contribution in [0.4, 0.5) is 5.69 Å². The summed E-state index contributed by atoms with van der Waals surface area (Å²) in [6.07, 6.45) is 0.362. The average molecular weight is 255 g/mol. The van der Waals surface area contributed by atoms with Crippen molar-refractivity contribution < 1.29 is 9.53 Å². The molecule has 2 aromatic carbocycles. The van der Waals surface area contributed by atoms with Crippen LogP contribution in [0.3, 0.4) is 0 Å². The van der Waals surface area contributed by atoms with Crippen molar-refractivity contribution in [3.05, 3.63) is 60.2 Å². The largest absolute Gasteiger partial charge is 0.492 e. The van der Waals surface area contributed by atoms with Crippen LogP contribution in [0.2, 0.25) is 0 Å². The van der Waals surface area contributed by atoms with Gasteiger partial charge in [-0.15, -0.1) is 0 Å². The molecule has 0 aliphatic carbocycles. The van der Waals surface area contributed by atoms with Crippen LogP contribution in [-0.4, -0.2) is 12.5 Å². The summed E-state index contributed by atoms with van der Waals surface area (Å²) in [5.74, 6) is 0.657. The fourth-order valence-electron chi connectivity index (χ4n) is 1.83. The van der Waals surface area contributed by atoms with E-state index in [1.807, 2.05) is 61.5 Å². The van der Waals surface area contributed by atoms with Crippen LogP contribution in [0.5, 0.6) is 5.75 Å². The number of rotatable bonds is 5. The molecule has 0 saturated heterocycles. The quantitative estimate of drug-likeness (QED) is 0.890. The van der Waals surface area contributed by atoms with Crippen LogP contribution in [-0.2, 0) is 11.2 Å². The highest BCUT2D eigenvalue weighted by molar-refractivity contribution is 5.93. The Kier molecular flexibility index (Phi) is 4.56. The lowest BCUT2D eigenvalue weighted by molar-refractivity contribution is -0.115. The molecule has 0 aliphatic heterocycles. The third kappa shape index (κ3) is 3.85. The van der Waals surface area contributed by atoms with Gasteiger partial charge in [0.2, 0.25) is 5.91 Å². The van der Waals surface area contributed by atoms with E-state index in [0.717, 1.165) is 5.56 Å². The summed E-state index contributed by atoms with van der Waals surface area (Å²) in [6, 6.07) is 17.1. The van der Waals surface area contributed by atoms with Gasteiger partial charge >= 0.3 is 0 Å². The highest BCUT2D eigenvalue weighted by atomic mass is 16.5. The third-order valence-electron chi connectivity index (χ3n) is 2.67. The molecular weight excluding hydrogens is 238 g/mol. The first-order valence-corrected chi connectivity index (χ1v) is 6.35. The monoisotopic (exact) mass is 255 g/mol. The van der Waals surface area contributed by atoms with Crippen LogP contribution < -0.4 is 10.1 Å². The van der Waals surface area contributed by atoms with Crippen molar-refractivity contribution in [3.8, 4) is 5.75 Å². The topological polar surface area (TPSA) is 38.3 Å². The van der Waals surface area contributed by atoms with Crippen LogP contribution >= 0.6 is 0 Å². The van der Waals surface area contributed by atoms with Crippen molar-refractivity contribution in [1.82, 2.24) is 0 Å². The Morgan fingerprint density at radius 2 is 1.74 bits per heavy atom. The van der Waals surface area contributed by atoms with Crippen molar-refractivity contribution in [2.45, 2.75) is 13.3 Å². The minimum absolute atomic E-state index is 0.0432. The zero-order chi connectivity index (χ0) is 13.5. The van der Waals surface area contributed by atoms with Gasteiger partial charge in [-0.2, -0.15) is 0 Å². The number of nitrogens with one attached hydrogen (secondary N) is 1. The maximum atomic E-state index is 12.0. The molecule has 1 amide bonds. The molecule has 0 unspecified atom stereocenters. The van der Waals surface area contributed by atoms with E-state index in [0.29, 0.717) is 24.5 Å². The van der Waals surface area contributed by atoms with E-state index in [9.17, 15) is 4.79 Å². The lowest BCUT2D eigenvalue weighted by Crippen LogP contribution is -2.15. The summed E-state index contributed by atoms with van der Waals surface area (Å²) >= 11 is 0. The number of hydrogen-bond donors (Lipinski definition) is 1. The zero-order valence-corrected chi connectivity index (χ0v) is 10.9. The van der Waals surface area contributed by atoms with E-state index >= 15 is 0 Å². The van der Waals surface area contributed by atoms with E-state index in [1.165, 1.54) is 0 Å². The lowest BCUT2D eigenvalue weighted by atomic mass is 10.1. The normalized spacial score (nSPS) is 9.95. The Morgan fingerprint density at radius 1 is 1.05 bits per heavy atom. The SMILES string of the molecule is CCOc1ccccc1NC(=O)Cc1ccccc1. The first kappa shape index (κ1) is 13.1. The molecule has 0 aromatic heterocycles. The molecule has 0 radical (unpaired) electrons. The molecule has 2 aromatic rings. The Morgan fingerprint density at radius 3 is 2.47 bits per heavy atom. The Hall–Kier alpha value is -2.29. The minimum Gasteiger partial charge on any atom is -0.492 e. The van der Waals surface area contributed by atoms with Crippen LogP contribution in [0, 0.1) is 0 Å². The predicted molar refractivity (Wildman–Crippen MR) is 76.4 cm³/mol. The number of benzene rings is 2. The predicted octanol–water partition coefficient (Wildman–Crippen LogP) is 3.27. The van der Waals surface area contributed by atoms with Crippen LogP contribution in [0.25, 0.3) is 0 Å². The molecule has 1 N–H and O–H groups in total. The van der Waals surface area contributed by atoms with E-state index in [2.05, 4.69) is 5.32 Å². The molecule has 0 spiro atoms. The van der Waals surface area contributed by atoms with E-state index in [4.69, 9.17) is 4.74 Å². The van der Waals surface area contributed by atoms with Gasteiger partial charge in [0.1, 0.15) is 5.75 Å². The number of carbonyl (C=O) groups is 1. The van der Waals surface area contributed by atoms with E-state index in [1.54, 1.807) is 0 Å². The fraction of sp³-hybridized carbons (Fsp3) is 0.188. The fourth-order valence-corrected chi connectivity index (χ4v) is 1.83. The number of ether oxygens (including phenoxy) is 1. The van der Waals surface area contributed by atoms with Crippen LogP contribution in [0.15, 0.2) is 54.6 Å². The molecular formula is C16H17NO2. The van der Waals surface area contributed by atoms with Crippen LogP contribution in [0.1, 0.15) is 12.5 Å². The first-order chi connectivity index (χ1) is 9.29. The Balaban J connectivity index is 2.03. The van der Waals surface area contributed by atoms with Gasteiger partial charge in [-0.05, 0) is 24.6 Å². The number of amides is 1. The zero-order valence-electron chi connectivity index (χ0n) is 10.9. The van der Waals surface area contributed by atoms with Crippen molar-refractivity contribution in [2.24, 2.45) is 0 Å². The average Bonchev–Trinajstić information content (AvgIpc) is 2.42. The molecule has 0 bridgehead atoms. The first-order valence-electron chi connectivity index (χ1n) is 6.35. The molecule has 0 atom stereocenters. The number of carbonyl (C=O) groups excluding carboxylic acids is 1. The van der Waals surface area contributed by atoms with Crippen molar-refractivity contribution in [3.63, 3.8) is 0 Å². The summed E-state index contributed by atoms with van der Waals surface area (Å²) in [5.41, 5.74) is 1.71. The summed E-state index contributed by atoms with van der Waals surface area (Å²) in [5, 5.41) is 2.88. The Labute approximate surface area is 113 Å². The second-order valence-electron chi connectivity index (χ2n) is 4.14. The van der Waals surface area contributed by atoms with Gasteiger partial charge in [-0.3, -0.25) is 4.79 Å². The molecule has 3 heteroatoms. The second-order valence-corrected chi connectivity index (χ2v) is 4.14. The highest BCUT2D eigenvalue weighted by Gasteiger charge is 2.07. The summed E-state index contributed by atoms with van der Waals surface area (Å²) in [4.78, 5) is 12.0. The lowest BCUT2D eigenvalue weighted by Gasteiger charge is -2.11. The summed E-state index contributed by atoms with van der Waals surface area (Å²) < 4.78 is 5.47. The van der Waals surface area contributed by atoms with Crippen molar-refractivity contribution in [2.75, 3.05) is 11.9 Å². The van der Waals surface area contributed by atoms with Gasteiger partial charge in [0.05, 0.1) is 18.7 Å². The number of para-hydroxylation sites is 2. The van der Waals surface area contributed by atoms with Gasteiger partial charge in [0.15, 0.2) is 0 Å². The van der Waals surface area contributed by atoms with Crippen molar-refractivity contribution >= 4 is 11.6 Å². The summed E-state index contributed by atoms with van der Waals surface area (Å²) in [6.45, 7) is 2.49. The molecule has 0 aliphatic rings. The molecule has 2 rings (SSSR count). The number of anilines is 1. The van der Waals surface area contributed by atoms with Gasteiger partial charge in [-0.25, -0.2) is 0 Å². The second kappa shape index (κ2) is 6.59. The van der Waals surface area contributed by atoms with E-state index < -0.39 is 0 Å². The third-order valence-corrected chi connectivity index (χ3v) is 2.67. The molecule has 0 heterocycles. The number of hydrogen-bond acceptors (Lipinski definition) is 2. The molecule has 98 valence electrons.